The average molecular weight is 515 g/mol. The lowest BCUT2D eigenvalue weighted by atomic mass is 9.93. The zero-order valence-electron chi connectivity index (χ0n) is 19.9. The van der Waals surface area contributed by atoms with E-state index in [2.05, 4.69) is 10.4 Å². The summed E-state index contributed by atoms with van der Waals surface area (Å²) in [4.78, 5) is 27.4. The summed E-state index contributed by atoms with van der Waals surface area (Å²) in [5, 5.41) is 8.50. The Labute approximate surface area is 215 Å². The predicted octanol–water partition coefficient (Wildman–Crippen LogP) is 7.05. The maximum atomic E-state index is 13.2. The predicted molar refractivity (Wildman–Crippen MR) is 138 cm³/mol. The summed E-state index contributed by atoms with van der Waals surface area (Å²) in [5.74, 6) is 0.0873. The second-order valence-corrected chi connectivity index (χ2v) is 10.4. The highest BCUT2D eigenvalue weighted by atomic mass is 35.5. The molecule has 3 aromatic rings. The fraction of sp³-hybridized carbons (Fsp3) is 0.346. The summed E-state index contributed by atoms with van der Waals surface area (Å²) < 4.78 is 6.84. The number of carbonyl (C=O) groups is 2. The van der Waals surface area contributed by atoms with E-state index < -0.39 is 11.6 Å². The van der Waals surface area contributed by atoms with Crippen molar-refractivity contribution < 1.29 is 14.3 Å². The standard InChI is InChI=1S/C26H28Cl2N4O3/c1-26(2,3)35-25(34)31-13-11-17(12-14-31)22-16-23(20-10-9-18(27)15-21(20)28)32(30-22)24(33)29-19-7-5-4-6-8-19/h4-10,15-17H,11-14H2,1-3H3,(H,29,33). The van der Waals surface area contributed by atoms with Gasteiger partial charge in [-0.05, 0) is 70.0 Å². The van der Waals surface area contributed by atoms with Crippen LogP contribution in [-0.2, 0) is 4.74 Å². The molecule has 0 aliphatic carbocycles. The maximum Gasteiger partial charge on any atom is 0.410 e. The fourth-order valence-corrected chi connectivity index (χ4v) is 4.53. The number of rotatable bonds is 3. The van der Waals surface area contributed by atoms with Gasteiger partial charge in [0.2, 0.25) is 0 Å². The molecular weight excluding hydrogens is 487 g/mol. The molecule has 9 heteroatoms. The van der Waals surface area contributed by atoms with Gasteiger partial charge >= 0.3 is 12.1 Å². The molecule has 1 N–H and O–H groups in total. The number of hydrogen-bond acceptors (Lipinski definition) is 4. The van der Waals surface area contributed by atoms with E-state index in [1.807, 2.05) is 57.2 Å². The number of nitrogens with one attached hydrogen (secondary N) is 1. The topological polar surface area (TPSA) is 76.5 Å². The second kappa shape index (κ2) is 10.3. The highest BCUT2D eigenvalue weighted by Crippen LogP contribution is 2.35. The van der Waals surface area contributed by atoms with E-state index in [0.29, 0.717) is 52.9 Å². The zero-order chi connectivity index (χ0) is 25.2. The van der Waals surface area contributed by atoms with Crippen LogP contribution in [0.15, 0.2) is 54.6 Å². The van der Waals surface area contributed by atoms with Crippen LogP contribution in [0.3, 0.4) is 0 Å². The molecular formula is C26H28Cl2N4O3. The summed E-state index contributed by atoms with van der Waals surface area (Å²) in [5.41, 5.74) is 2.13. The molecule has 1 aromatic heterocycles. The molecule has 0 spiro atoms. The van der Waals surface area contributed by atoms with E-state index >= 15 is 0 Å². The third kappa shape index (κ3) is 6.16. The summed E-state index contributed by atoms with van der Waals surface area (Å²) >= 11 is 12.6. The molecule has 1 aliphatic heterocycles. The second-order valence-electron chi connectivity index (χ2n) is 9.53. The quantitative estimate of drug-likeness (QED) is 0.406. The van der Waals surface area contributed by atoms with Gasteiger partial charge in [0.05, 0.1) is 16.4 Å². The minimum Gasteiger partial charge on any atom is -0.444 e. The largest absolute Gasteiger partial charge is 0.444 e. The lowest BCUT2D eigenvalue weighted by Gasteiger charge is -2.32. The molecule has 0 radical (unpaired) electrons. The van der Waals surface area contributed by atoms with Crippen molar-refractivity contribution in [2.75, 3.05) is 18.4 Å². The van der Waals surface area contributed by atoms with Crippen molar-refractivity contribution in [3.05, 3.63) is 70.3 Å². The number of piperidine rings is 1. The molecule has 0 unspecified atom stereocenters. The van der Waals surface area contributed by atoms with Crippen LogP contribution < -0.4 is 5.32 Å². The molecule has 7 nitrogen and oxygen atoms in total. The van der Waals surface area contributed by atoms with Crippen LogP contribution in [0.25, 0.3) is 11.3 Å². The molecule has 1 fully saturated rings. The molecule has 1 aliphatic rings. The minimum atomic E-state index is -0.536. The summed E-state index contributed by atoms with van der Waals surface area (Å²) in [6.45, 7) is 6.68. The molecule has 35 heavy (non-hydrogen) atoms. The molecule has 2 heterocycles. The van der Waals surface area contributed by atoms with Crippen LogP contribution >= 0.6 is 23.2 Å². The van der Waals surface area contributed by atoms with Gasteiger partial charge in [-0.2, -0.15) is 9.78 Å². The Bertz CT molecular complexity index is 1210. The smallest absolute Gasteiger partial charge is 0.410 e. The van der Waals surface area contributed by atoms with Crippen molar-refractivity contribution in [2.45, 2.75) is 45.1 Å². The van der Waals surface area contributed by atoms with Crippen LogP contribution in [0.1, 0.15) is 45.2 Å². The third-order valence-electron chi connectivity index (χ3n) is 5.72. The van der Waals surface area contributed by atoms with Crippen molar-refractivity contribution in [1.29, 1.82) is 0 Å². The van der Waals surface area contributed by atoms with Crippen molar-refractivity contribution >= 4 is 41.0 Å². The SMILES string of the molecule is CC(C)(C)OC(=O)N1CCC(c2cc(-c3ccc(Cl)cc3Cl)n(C(=O)Nc3ccccc3)n2)CC1. The molecule has 184 valence electrons. The van der Waals surface area contributed by atoms with E-state index in [9.17, 15) is 9.59 Å². The van der Waals surface area contributed by atoms with Gasteiger partial charge in [-0.3, -0.25) is 0 Å². The van der Waals surface area contributed by atoms with Crippen molar-refractivity contribution in [2.24, 2.45) is 0 Å². The lowest BCUT2D eigenvalue weighted by molar-refractivity contribution is 0.0204. The molecule has 1 saturated heterocycles. The van der Waals surface area contributed by atoms with Crippen LogP contribution in [0, 0.1) is 0 Å². The molecule has 2 amide bonds. The van der Waals surface area contributed by atoms with Crippen molar-refractivity contribution in [3.8, 4) is 11.3 Å². The molecule has 2 aromatic carbocycles. The van der Waals surface area contributed by atoms with Gasteiger partial charge in [-0.25, -0.2) is 9.59 Å². The number of hydrogen-bond donors (Lipinski definition) is 1. The number of halogens is 2. The van der Waals surface area contributed by atoms with Crippen LogP contribution in [0.5, 0.6) is 0 Å². The average Bonchev–Trinajstić information content (AvgIpc) is 3.24. The van der Waals surface area contributed by atoms with E-state index in [1.165, 1.54) is 4.68 Å². The highest BCUT2D eigenvalue weighted by Gasteiger charge is 2.30. The van der Waals surface area contributed by atoms with E-state index in [-0.39, 0.29) is 12.0 Å². The van der Waals surface area contributed by atoms with Gasteiger partial charge in [-0.1, -0.05) is 41.4 Å². The van der Waals surface area contributed by atoms with Gasteiger partial charge in [0.15, 0.2) is 0 Å². The zero-order valence-corrected chi connectivity index (χ0v) is 21.4. The van der Waals surface area contributed by atoms with Crippen LogP contribution in [0.2, 0.25) is 10.0 Å². The Balaban J connectivity index is 1.59. The summed E-state index contributed by atoms with van der Waals surface area (Å²) in [6.07, 6.45) is 1.12. The van der Waals surface area contributed by atoms with Crippen molar-refractivity contribution in [3.63, 3.8) is 0 Å². The van der Waals surface area contributed by atoms with Crippen molar-refractivity contribution in [1.82, 2.24) is 14.7 Å². The number of aromatic nitrogens is 2. The fourth-order valence-electron chi connectivity index (χ4n) is 4.03. The number of anilines is 1. The highest BCUT2D eigenvalue weighted by molar-refractivity contribution is 6.36. The lowest BCUT2D eigenvalue weighted by Crippen LogP contribution is -2.41. The third-order valence-corrected chi connectivity index (χ3v) is 6.27. The molecule has 0 atom stereocenters. The number of likely N-dealkylation sites (tertiary alicyclic amines) is 1. The Kier molecular flexibility index (Phi) is 7.38. The Hall–Kier alpha value is -3.03. The van der Waals surface area contributed by atoms with Gasteiger partial charge in [-0.15, -0.1) is 0 Å². The molecule has 0 saturated carbocycles. The number of para-hydroxylation sites is 1. The van der Waals surface area contributed by atoms with Gasteiger partial charge in [0.25, 0.3) is 0 Å². The number of benzene rings is 2. The summed E-state index contributed by atoms with van der Waals surface area (Å²) in [6, 6.07) is 15.8. The van der Waals surface area contributed by atoms with Gasteiger partial charge in [0, 0.05) is 35.3 Å². The normalized spacial score (nSPS) is 14.6. The van der Waals surface area contributed by atoms with Gasteiger partial charge < -0.3 is 15.0 Å². The Morgan fingerprint density at radius 3 is 2.34 bits per heavy atom. The monoisotopic (exact) mass is 514 g/mol. The minimum absolute atomic E-state index is 0.0873. The number of carbonyl (C=O) groups excluding carboxylic acids is 2. The number of nitrogens with zero attached hydrogens (tertiary/aromatic N) is 3. The van der Waals surface area contributed by atoms with E-state index in [1.54, 1.807) is 23.1 Å². The van der Waals surface area contributed by atoms with Gasteiger partial charge in [0.1, 0.15) is 5.60 Å². The number of amides is 2. The van der Waals surface area contributed by atoms with Crippen LogP contribution in [-0.4, -0.2) is 45.5 Å². The first-order valence-corrected chi connectivity index (χ1v) is 12.3. The Morgan fingerprint density at radius 2 is 1.71 bits per heavy atom. The van der Waals surface area contributed by atoms with E-state index in [0.717, 1.165) is 5.69 Å². The number of ether oxygens (including phenoxy) is 1. The first-order valence-electron chi connectivity index (χ1n) is 11.5. The summed E-state index contributed by atoms with van der Waals surface area (Å²) in [7, 11) is 0. The maximum absolute atomic E-state index is 13.2. The molecule has 0 bridgehead atoms. The first-order chi connectivity index (χ1) is 16.6. The van der Waals surface area contributed by atoms with E-state index in [4.69, 9.17) is 27.9 Å². The molecule has 4 rings (SSSR count). The van der Waals surface area contributed by atoms with Crippen LogP contribution in [0.4, 0.5) is 15.3 Å². The Morgan fingerprint density at radius 1 is 1.03 bits per heavy atom. The first kappa shape index (κ1) is 25.1.